The topological polar surface area (TPSA) is 54.8 Å². The largest absolute Gasteiger partial charge is 0.329 e. The molecule has 0 aromatic carbocycles. The fourth-order valence-electron chi connectivity index (χ4n) is 2.97. The summed E-state index contributed by atoms with van der Waals surface area (Å²) < 4.78 is 2.20. The zero-order valence-corrected chi connectivity index (χ0v) is 12.7. The van der Waals surface area contributed by atoms with E-state index in [-0.39, 0.29) is 6.04 Å². The molecule has 1 aliphatic heterocycles. The molecule has 2 N–H and O–H groups in total. The van der Waals surface area contributed by atoms with Gasteiger partial charge in [-0.15, -0.1) is 0 Å². The van der Waals surface area contributed by atoms with Crippen LogP contribution >= 0.6 is 0 Å². The van der Waals surface area contributed by atoms with Gasteiger partial charge in [-0.25, -0.2) is 10.4 Å². The molecule has 2 atom stereocenters. The van der Waals surface area contributed by atoms with Crippen LogP contribution in [0.25, 0.3) is 0 Å². The molecule has 3 heterocycles. The number of hydrogen-bond donors (Lipinski definition) is 2. The lowest BCUT2D eigenvalue weighted by atomic mass is 10.00. The van der Waals surface area contributed by atoms with Crippen LogP contribution in [0.5, 0.6) is 0 Å². The van der Waals surface area contributed by atoms with E-state index in [4.69, 9.17) is 0 Å². The molecule has 1 saturated heterocycles. The second-order valence-electron chi connectivity index (χ2n) is 6.18. The minimum Gasteiger partial charge on any atom is -0.329 e. The summed E-state index contributed by atoms with van der Waals surface area (Å²) in [5, 5.41) is 0. The number of pyridine rings is 1. The summed E-state index contributed by atoms with van der Waals surface area (Å²) in [5.74, 6) is 1.80. The predicted molar refractivity (Wildman–Crippen MR) is 82.4 cm³/mol. The molecule has 2 aromatic heterocycles. The van der Waals surface area contributed by atoms with Gasteiger partial charge in [0.2, 0.25) is 0 Å². The highest BCUT2D eigenvalue weighted by atomic mass is 15.4. The molecule has 0 bridgehead atoms. The number of nitrogens with zero attached hydrogens (tertiary/aromatic N) is 3. The molecule has 2 unspecified atom stereocenters. The lowest BCUT2D eigenvalue weighted by Crippen LogP contribution is -2.32. The molecule has 0 aliphatic carbocycles. The summed E-state index contributed by atoms with van der Waals surface area (Å²) in [4.78, 5) is 8.72. The summed E-state index contributed by atoms with van der Waals surface area (Å²) in [6.45, 7) is 5.34. The number of hydrazine groups is 1. The third-order valence-corrected chi connectivity index (χ3v) is 3.87. The average Bonchev–Trinajstić information content (AvgIpc) is 3.08. The Balaban J connectivity index is 1.69. The number of hydrogen-bond acceptors (Lipinski definition) is 4. The molecule has 3 rings (SSSR count). The van der Waals surface area contributed by atoms with Gasteiger partial charge in [0.05, 0.1) is 12.6 Å². The SMILES string of the molecule is CC(C)CC1CC(c2nccn2Cc2cccnc2)NN1. The third kappa shape index (κ3) is 3.49. The maximum absolute atomic E-state index is 4.55. The molecular formula is C16H23N5. The zero-order chi connectivity index (χ0) is 14.7. The minimum atomic E-state index is 0.278. The normalized spacial score (nSPS) is 22.0. The number of imidazole rings is 1. The highest BCUT2D eigenvalue weighted by Gasteiger charge is 2.28. The molecule has 0 saturated carbocycles. The molecule has 5 nitrogen and oxygen atoms in total. The molecule has 0 spiro atoms. The van der Waals surface area contributed by atoms with Crippen molar-refractivity contribution in [2.75, 3.05) is 0 Å². The molecule has 2 aromatic rings. The van der Waals surface area contributed by atoms with Crippen molar-refractivity contribution in [1.82, 2.24) is 25.4 Å². The van der Waals surface area contributed by atoms with Crippen LogP contribution in [0.1, 0.15) is 44.1 Å². The summed E-state index contributed by atoms with van der Waals surface area (Å²) in [6, 6.07) is 4.87. The number of aromatic nitrogens is 3. The molecule has 21 heavy (non-hydrogen) atoms. The molecule has 1 aliphatic rings. The first-order chi connectivity index (χ1) is 10.2. The van der Waals surface area contributed by atoms with Crippen molar-refractivity contribution < 1.29 is 0 Å². The van der Waals surface area contributed by atoms with Gasteiger partial charge in [-0.1, -0.05) is 19.9 Å². The monoisotopic (exact) mass is 285 g/mol. The Hall–Kier alpha value is -1.72. The van der Waals surface area contributed by atoms with Crippen molar-refractivity contribution in [3.63, 3.8) is 0 Å². The van der Waals surface area contributed by atoms with Crippen LogP contribution in [-0.4, -0.2) is 20.6 Å². The standard InChI is InChI=1S/C16H23N5/c1-12(2)8-14-9-15(20-19-14)16-18-6-7-21(16)11-13-4-3-5-17-10-13/h3-7,10,12,14-15,19-20H,8-9,11H2,1-2H3. The van der Waals surface area contributed by atoms with Crippen molar-refractivity contribution in [3.05, 3.63) is 48.3 Å². The van der Waals surface area contributed by atoms with E-state index in [1.807, 2.05) is 24.7 Å². The maximum atomic E-state index is 4.55. The minimum absolute atomic E-state index is 0.278. The van der Waals surface area contributed by atoms with Crippen LogP contribution in [0.4, 0.5) is 0 Å². The Morgan fingerprint density at radius 3 is 3.00 bits per heavy atom. The Bertz CT molecular complexity index is 563. The lowest BCUT2D eigenvalue weighted by molar-refractivity contribution is 0.446. The van der Waals surface area contributed by atoms with Crippen LogP contribution in [-0.2, 0) is 6.54 Å². The van der Waals surface area contributed by atoms with Crippen LogP contribution in [0.15, 0.2) is 36.9 Å². The quantitative estimate of drug-likeness (QED) is 0.885. The Morgan fingerprint density at radius 2 is 2.24 bits per heavy atom. The first kappa shape index (κ1) is 14.2. The zero-order valence-electron chi connectivity index (χ0n) is 12.7. The predicted octanol–water partition coefficient (Wildman–Crippen LogP) is 2.28. The maximum Gasteiger partial charge on any atom is 0.127 e. The average molecular weight is 285 g/mol. The van der Waals surface area contributed by atoms with E-state index in [2.05, 4.69) is 45.3 Å². The summed E-state index contributed by atoms with van der Waals surface area (Å²) in [7, 11) is 0. The molecular weight excluding hydrogens is 262 g/mol. The first-order valence-electron chi connectivity index (χ1n) is 7.63. The second kappa shape index (κ2) is 6.37. The van der Waals surface area contributed by atoms with E-state index in [1.54, 1.807) is 6.20 Å². The fourth-order valence-corrected chi connectivity index (χ4v) is 2.97. The van der Waals surface area contributed by atoms with Gasteiger partial charge in [-0.3, -0.25) is 10.4 Å². The highest BCUT2D eigenvalue weighted by Crippen LogP contribution is 2.24. The Labute approximate surface area is 125 Å². The molecule has 112 valence electrons. The van der Waals surface area contributed by atoms with Crippen molar-refractivity contribution in [1.29, 1.82) is 0 Å². The van der Waals surface area contributed by atoms with Gasteiger partial charge in [0, 0.05) is 30.8 Å². The molecule has 5 heteroatoms. The van der Waals surface area contributed by atoms with E-state index < -0.39 is 0 Å². The van der Waals surface area contributed by atoms with E-state index in [1.165, 1.54) is 12.0 Å². The van der Waals surface area contributed by atoms with Gasteiger partial charge in [0.1, 0.15) is 5.82 Å². The Morgan fingerprint density at radius 1 is 1.33 bits per heavy atom. The van der Waals surface area contributed by atoms with Crippen molar-refractivity contribution >= 4 is 0 Å². The van der Waals surface area contributed by atoms with Crippen molar-refractivity contribution in [2.45, 2.75) is 45.3 Å². The van der Waals surface area contributed by atoms with E-state index in [0.717, 1.165) is 18.8 Å². The van der Waals surface area contributed by atoms with Gasteiger partial charge in [-0.05, 0) is 30.4 Å². The lowest BCUT2D eigenvalue weighted by Gasteiger charge is -2.13. The van der Waals surface area contributed by atoms with Crippen molar-refractivity contribution in [3.8, 4) is 0 Å². The van der Waals surface area contributed by atoms with Gasteiger partial charge >= 0.3 is 0 Å². The number of rotatable bonds is 5. The van der Waals surface area contributed by atoms with Crippen LogP contribution < -0.4 is 10.9 Å². The second-order valence-corrected chi connectivity index (χ2v) is 6.18. The fraction of sp³-hybridized carbons (Fsp3) is 0.500. The van der Waals surface area contributed by atoms with Gasteiger partial charge in [0.25, 0.3) is 0 Å². The van der Waals surface area contributed by atoms with Gasteiger partial charge < -0.3 is 4.57 Å². The van der Waals surface area contributed by atoms with Crippen LogP contribution in [0, 0.1) is 5.92 Å². The van der Waals surface area contributed by atoms with Crippen LogP contribution in [0.2, 0.25) is 0 Å². The third-order valence-electron chi connectivity index (χ3n) is 3.87. The van der Waals surface area contributed by atoms with E-state index in [0.29, 0.717) is 12.0 Å². The van der Waals surface area contributed by atoms with Gasteiger partial charge in [-0.2, -0.15) is 0 Å². The highest BCUT2D eigenvalue weighted by molar-refractivity contribution is 5.12. The number of nitrogens with one attached hydrogen (secondary N) is 2. The Kier molecular flexibility index (Phi) is 4.31. The first-order valence-corrected chi connectivity index (χ1v) is 7.63. The van der Waals surface area contributed by atoms with Crippen LogP contribution in [0.3, 0.4) is 0 Å². The summed E-state index contributed by atoms with van der Waals surface area (Å²) >= 11 is 0. The summed E-state index contributed by atoms with van der Waals surface area (Å²) in [6.07, 6.45) is 9.90. The van der Waals surface area contributed by atoms with Gasteiger partial charge in [0.15, 0.2) is 0 Å². The van der Waals surface area contributed by atoms with E-state index >= 15 is 0 Å². The molecule has 1 fully saturated rings. The van der Waals surface area contributed by atoms with E-state index in [9.17, 15) is 0 Å². The van der Waals surface area contributed by atoms with Crippen molar-refractivity contribution in [2.24, 2.45) is 5.92 Å². The smallest absolute Gasteiger partial charge is 0.127 e. The molecule has 0 amide bonds. The molecule has 0 radical (unpaired) electrons. The summed E-state index contributed by atoms with van der Waals surface area (Å²) in [5.41, 5.74) is 7.99.